The molecule has 2 heterocycles. The van der Waals surface area contributed by atoms with E-state index in [1.165, 1.54) is 6.33 Å². The van der Waals surface area contributed by atoms with Crippen molar-refractivity contribution in [2.24, 2.45) is 0 Å². The standard InChI is InChI=1S/C10H15N5O2/c16-9(6-15-5-1-2-10(15)17)11-4-3-8-12-7-13-14-8/h7H,1-6H2,(H,11,16)(H,12,13,14). The van der Waals surface area contributed by atoms with Crippen LogP contribution in [0.1, 0.15) is 18.7 Å². The second-order valence-electron chi connectivity index (χ2n) is 3.95. The molecule has 1 aromatic rings. The Morgan fingerprint density at radius 2 is 2.47 bits per heavy atom. The first-order valence-electron chi connectivity index (χ1n) is 5.64. The summed E-state index contributed by atoms with van der Waals surface area (Å²) in [7, 11) is 0. The van der Waals surface area contributed by atoms with Crippen LogP contribution in [0.15, 0.2) is 6.33 Å². The van der Waals surface area contributed by atoms with E-state index >= 15 is 0 Å². The van der Waals surface area contributed by atoms with E-state index in [-0.39, 0.29) is 18.4 Å². The van der Waals surface area contributed by atoms with Crippen molar-refractivity contribution < 1.29 is 9.59 Å². The molecule has 0 unspecified atom stereocenters. The van der Waals surface area contributed by atoms with Crippen molar-refractivity contribution in [2.75, 3.05) is 19.6 Å². The van der Waals surface area contributed by atoms with Crippen LogP contribution in [0.5, 0.6) is 0 Å². The van der Waals surface area contributed by atoms with Crippen molar-refractivity contribution in [1.29, 1.82) is 0 Å². The van der Waals surface area contributed by atoms with Crippen molar-refractivity contribution in [2.45, 2.75) is 19.3 Å². The van der Waals surface area contributed by atoms with Gasteiger partial charge in [-0.15, -0.1) is 0 Å². The molecule has 17 heavy (non-hydrogen) atoms. The summed E-state index contributed by atoms with van der Waals surface area (Å²) in [6.45, 7) is 1.35. The van der Waals surface area contributed by atoms with Crippen LogP contribution in [0.25, 0.3) is 0 Å². The quantitative estimate of drug-likeness (QED) is 0.693. The summed E-state index contributed by atoms with van der Waals surface area (Å²) in [5, 5.41) is 9.17. The third-order valence-electron chi connectivity index (χ3n) is 2.65. The first-order valence-corrected chi connectivity index (χ1v) is 5.64. The van der Waals surface area contributed by atoms with Crippen LogP contribution < -0.4 is 5.32 Å². The van der Waals surface area contributed by atoms with Gasteiger partial charge < -0.3 is 10.2 Å². The molecule has 0 bridgehead atoms. The smallest absolute Gasteiger partial charge is 0.239 e. The Balaban J connectivity index is 1.65. The molecule has 7 heteroatoms. The minimum Gasteiger partial charge on any atom is -0.354 e. The van der Waals surface area contributed by atoms with Crippen LogP contribution in [0, 0.1) is 0 Å². The summed E-state index contributed by atoms with van der Waals surface area (Å²) in [4.78, 5) is 28.3. The van der Waals surface area contributed by atoms with Crippen molar-refractivity contribution >= 4 is 11.8 Å². The van der Waals surface area contributed by atoms with Gasteiger partial charge in [0.2, 0.25) is 11.8 Å². The summed E-state index contributed by atoms with van der Waals surface area (Å²) in [5.74, 6) is 0.678. The molecule has 0 saturated carbocycles. The van der Waals surface area contributed by atoms with Gasteiger partial charge in [0.25, 0.3) is 0 Å². The number of H-pyrrole nitrogens is 1. The number of nitrogens with zero attached hydrogens (tertiary/aromatic N) is 3. The highest BCUT2D eigenvalue weighted by molar-refractivity contribution is 5.85. The van der Waals surface area contributed by atoms with Crippen molar-refractivity contribution in [1.82, 2.24) is 25.4 Å². The zero-order chi connectivity index (χ0) is 12.1. The Kier molecular flexibility index (Phi) is 3.69. The van der Waals surface area contributed by atoms with Gasteiger partial charge in [0.1, 0.15) is 12.2 Å². The van der Waals surface area contributed by atoms with Gasteiger partial charge in [0.05, 0.1) is 6.54 Å². The summed E-state index contributed by atoms with van der Waals surface area (Å²) in [6.07, 6.45) is 3.45. The normalized spacial score (nSPS) is 15.3. The van der Waals surface area contributed by atoms with Gasteiger partial charge in [0.15, 0.2) is 0 Å². The predicted octanol–water partition coefficient (Wildman–Crippen LogP) is -0.914. The lowest BCUT2D eigenvalue weighted by molar-refractivity contribution is -0.133. The molecule has 1 aliphatic rings. The largest absolute Gasteiger partial charge is 0.354 e. The highest BCUT2D eigenvalue weighted by Crippen LogP contribution is 2.08. The number of rotatable bonds is 5. The molecule has 0 aliphatic carbocycles. The van der Waals surface area contributed by atoms with E-state index in [0.29, 0.717) is 25.9 Å². The Labute approximate surface area is 98.6 Å². The molecule has 0 atom stereocenters. The zero-order valence-electron chi connectivity index (χ0n) is 9.48. The number of aromatic amines is 1. The van der Waals surface area contributed by atoms with Gasteiger partial charge in [-0.1, -0.05) is 0 Å². The van der Waals surface area contributed by atoms with Gasteiger partial charge in [-0.05, 0) is 6.42 Å². The van der Waals surface area contributed by atoms with Gasteiger partial charge in [-0.3, -0.25) is 14.7 Å². The Morgan fingerprint density at radius 3 is 3.12 bits per heavy atom. The number of likely N-dealkylation sites (tertiary alicyclic amines) is 1. The van der Waals surface area contributed by atoms with E-state index in [4.69, 9.17) is 0 Å². The highest BCUT2D eigenvalue weighted by atomic mass is 16.2. The molecule has 92 valence electrons. The third kappa shape index (κ3) is 3.27. The minimum absolute atomic E-state index is 0.0652. The minimum atomic E-state index is -0.125. The van der Waals surface area contributed by atoms with E-state index in [9.17, 15) is 9.59 Å². The number of carbonyl (C=O) groups is 2. The SMILES string of the molecule is O=C(CN1CCCC1=O)NCCc1ncn[nH]1. The van der Waals surface area contributed by atoms with E-state index in [1.807, 2.05) is 0 Å². The van der Waals surface area contributed by atoms with Gasteiger partial charge in [-0.25, -0.2) is 4.98 Å². The van der Waals surface area contributed by atoms with Crippen LogP contribution in [-0.2, 0) is 16.0 Å². The van der Waals surface area contributed by atoms with Crippen LogP contribution in [0.3, 0.4) is 0 Å². The highest BCUT2D eigenvalue weighted by Gasteiger charge is 2.21. The van der Waals surface area contributed by atoms with Crippen LogP contribution in [0.4, 0.5) is 0 Å². The average molecular weight is 237 g/mol. The molecule has 2 N–H and O–H groups in total. The van der Waals surface area contributed by atoms with E-state index < -0.39 is 0 Å². The average Bonchev–Trinajstić information content (AvgIpc) is 2.92. The topological polar surface area (TPSA) is 91.0 Å². The molecule has 2 amide bonds. The first-order chi connectivity index (χ1) is 8.25. The predicted molar refractivity (Wildman–Crippen MR) is 58.9 cm³/mol. The Morgan fingerprint density at radius 1 is 1.59 bits per heavy atom. The maximum absolute atomic E-state index is 11.5. The van der Waals surface area contributed by atoms with Gasteiger partial charge in [0, 0.05) is 25.9 Å². The molecular formula is C10H15N5O2. The van der Waals surface area contributed by atoms with Crippen molar-refractivity contribution in [3.05, 3.63) is 12.2 Å². The van der Waals surface area contributed by atoms with Gasteiger partial charge in [-0.2, -0.15) is 5.10 Å². The molecule has 2 rings (SSSR count). The lowest BCUT2D eigenvalue weighted by Crippen LogP contribution is -2.38. The van der Waals surface area contributed by atoms with Crippen LogP contribution in [-0.4, -0.2) is 51.5 Å². The third-order valence-corrected chi connectivity index (χ3v) is 2.65. The summed E-state index contributed by atoms with van der Waals surface area (Å²) in [5.41, 5.74) is 0. The summed E-state index contributed by atoms with van der Waals surface area (Å²) < 4.78 is 0. The van der Waals surface area contributed by atoms with Crippen molar-refractivity contribution in [3.63, 3.8) is 0 Å². The fourth-order valence-corrected chi connectivity index (χ4v) is 1.77. The van der Waals surface area contributed by atoms with Crippen molar-refractivity contribution in [3.8, 4) is 0 Å². The number of hydrogen-bond acceptors (Lipinski definition) is 4. The molecule has 1 fully saturated rings. The zero-order valence-corrected chi connectivity index (χ0v) is 9.48. The second kappa shape index (κ2) is 5.42. The molecule has 1 saturated heterocycles. The molecule has 0 spiro atoms. The van der Waals surface area contributed by atoms with E-state index in [2.05, 4.69) is 20.5 Å². The molecule has 1 aliphatic heterocycles. The molecule has 7 nitrogen and oxygen atoms in total. The molecular weight excluding hydrogens is 222 g/mol. The number of amides is 2. The lowest BCUT2D eigenvalue weighted by atomic mass is 10.4. The first kappa shape index (κ1) is 11.6. The maximum atomic E-state index is 11.5. The summed E-state index contributed by atoms with van der Waals surface area (Å²) in [6, 6.07) is 0. The Bertz CT molecular complexity index is 389. The molecule has 1 aromatic heterocycles. The number of hydrogen-bond donors (Lipinski definition) is 2. The van der Waals surface area contributed by atoms with E-state index in [1.54, 1.807) is 4.90 Å². The molecule has 0 aromatic carbocycles. The van der Waals surface area contributed by atoms with Crippen LogP contribution in [0.2, 0.25) is 0 Å². The monoisotopic (exact) mass is 237 g/mol. The Hall–Kier alpha value is -1.92. The number of nitrogens with one attached hydrogen (secondary N) is 2. The van der Waals surface area contributed by atoms with Crippen LogP contribution >= 0.6 is 0 Å². The number of carbonyl (C=O) groups excluding carboxylic acids is 2. The molecule has 0 radical (unpaired) electrons. The maximum Gasteiger partial charge on any atom is 0.239 e. The van der Waals surface area contributed by atoms with Gasteiger partial charge >= 0.3 is 0 Å². The number of aromatic nitrogens is 3. The fourth-order valence-electron chi connectivity index (χ4n) is 1.77. The summed E-state index contributed by atoms with van der Waals surface area (Å²) >= 11 is 0. The second-order valence-corrected chi connectivity index (χ2v) is 3.95. The van der Waals surface area contributed by atoms with E-state index in [0.717, 1.165) is 12.2 Å². The fraction of sp³-hybridized carbons (Fsp3) is 0.600. The lowest BCUT2D eigenvalue weighted by Gasteiger charge is -2.14.